The Hall–Kier alpha value is -2.66. The molecule has 2 aromatic carbocycles. The van der Waals surface area contributed by atoms with Gasteiger partial charge >= 0.3 is 0 Å². The van der Waals surface area contributed by atoms with E-state index in [1.807, 2.05) is 47.4 Å². The van der Waals surface area contributed by atoms with Crippen molar-refractivity contribution >= 4 is 11.7 Å². The standard InChI is InChI=1S/C21H24N2O3/c1-17(24)23-13-11-22(12-14-23)15-16-26-20-9-7-19(8-10-20)21(25)18-5-3-2-4-6-18/h2-10H,11-16H2,1H3. The van der Waals surface area contributed by atoms with Gasteiger partial charge in [0.05, 0.1) is 0 Å². The van der Waals surface area contributed by atoms with Crippen LogP contribution in [0.25, 0.3) is 0 Å². The molecule has 5 heteroatoms. The first-order chi connectivity index (χ1) is 12.6. The highest BCUT2D eigenvalue weighted by Crippen LogP contribution is 2.15. The number of piperazine rings is 1. The van der Waals surface area contributed by atoms with Gasteiger partial charge in [0.25, 0.3) is 0 Å². The second kappa shape index (κ2) is 8.63. The van der Waals surface area contributed by atoms with Crippen molar-refractivity contribution in [3.05, 3.63) is 65.7 Å². The topological polar surface area (TPSA) is 49.9 Å². The van der Waals surface area contributed by atoms with Crippen LogP contribution in [0, 0.1) is 0 Å². The molecule has 0 atom stereocenters. The molecule has 0 aromatic heterocycles. The summed E-state index contributed by atoms with van der Waals surface area (Å²) >= 11 is 0. The molecule has 0 spiro atoms. The molecule has 26 heavy (non-hydrogen) atoms. The third-order valence-electron chi connectivity index (χ3n) is 4.65. The van der Waals surface area contributed by atoms with Crippen molar-refractivity contribution in [2.45, 2.75) is 6.92 Å². The number of benzene rings is 2. The van der Waals surface area contributed by atoms with Crippen LogP contribution in [0.3, 0.4) is 0 Å². The van der Waals surface area contributed by atoms with Gasteiger partial charge in [0.15, 0.2) is 5.78 Å². The van der Waals surface area contributed by atoms with E-state index in [0.29, 0.717) is 17.7 Å². The zero-order valence-electron chi connectivity index (χ0n) is 15.1. The number of hydrogen-bond donors (Lipinski definition) is 0. The number of carbonyl (C=O) groups is 2. The van der Waals surface area contributed by atoms with Gasteiger partial charge in [0.1, 0.15) is 12.4 Å². The van der Waals surface area contributed by atoms with E-state index in [1.54, 1.807) is 19.1 Å². The first kappa shape index (κ1) is 18.1. The molecule has 0 unspecified atom stereocenters. The minimum Gasteiger partial charge on any atom is -0.492 e. The molecule has 1 saturated heterocycles. The zero-order chi connectivity index (χ0) is 18.4. The predicted molar refractivity (Wildman–Crippen MR) is 101 cm³/mol. The molecule has 0 N–H and O–H groups in total. The summed E-state index contributed by atoms with van der Waals surface area (Å²) in [5.41, 5.74) is 1.34. The average Bonchev–Trinajstić information content (AvgIpc) is 2.69. The van der Waals surface area contributed by atoms with Gasteiger partial charge in [0.2, 0.25) is 5.91 Å². The molecule has 1 fully saturated rings. The molecule has 136 valence electrons. The molecule has 2 aromatic rings. The van der Waals surface area contributed by atoms with E-state index in [9.17, 15) is 9.59 Å². The zero-order valence-corrected chi connectivity index (χ0v) is 15.1. The van der Waals surface area contributed by atoms with E-state index in [0.717, 1.165) is 38.5 Å². The summed E-state index contributed by atoms with van der Waals surface area (Å²) in [7, 11) is 0. The number of amides is 1. The average molecular weight is 352 g/mol. The lowest BCUT2D eigenvalue weighted by atomic mass is 10.0. The Morgan fingerprint density at radius 3 is 2.12 bits per heavy atom. The number of nitrogens with zero attached hydrogens (tertiary/aromatic N) is 2. The van der Waals surface area contributed by atoms with Crippen LogP contribution in [0.5, 0.6) is 5.75 Å². The van der Waals surface area contributed by atoms with E-state index in [1.165, 1.54) is 0 Å². The van der Waals surface area contributed by atoms with Crippen LogP contribution in [0.4, 0.5) is 0 Å². The fraction of sp³-hybridized carbons (Fsp3) is 0.333. The molecule has 0 saturated carbocycles. The first-order valence-corrected chi connectivity index (χ1v) is 8.94. The smallest absolute Gasteiger partial charge is 0.219 e. The molecule has 0 radical (unpaired) electrons. The highest BCUT2D eigenvalue weighted by molar-refractivity contribution is 6.08. The number of hydrogen-bond acceptors (Lipinski definition) is 4. The van der Waals surface area contributed by atoms with E-state index < -0.39 is 0 Å². The number of ketones is 1. The quantitative estimate of drug-likeness (QED) is 0.750. The SMILES string of the molecule is CC(=O)N1CCN(CCOc2ccc(C(=O)c3ccccc3)cc2)CC1. The molecular weight excluding hydrogens is 328 g/mol. The molecule has 3 rings (SSSR count). The summed E-state index contributed by atoms with van der Waals surface area (Å²) in [6, 6.07) is 16.5. The summed E-state index contributed by atoms with van der Waals surface area (Å²) in [6.07, 6.45) is 0. The Balaban J connectivity index is 1.45. The fourth-order valence-electron chi connectivity index (χ4n) is 3.04. The van der Waals surface area contributed by atoms with Gasteiger partial charge < -0.3 is 9.64 Å². The third-order valence-corrected chi connectivity index (χ3v) is 4.65. The molecule has 0 aliphatic carbocycles. The van der Waals surface area contributed by atoms with Crippen LogP contribution in [-0.4, -0.2) is 60.8 Å². The second-order valence-electron chi connectivity index (χ2n) is 6.42. The van der Waals surface area contributed by atoms with Gasteiger partial charge in [-0.1, -0.05) is 30.3 Å². The van der Waals surface area contributed by atoms with Crippen molar-refractivity contribution in [2.24, 2.45) is 0 Å². The maximum atomic E-state index is 12.4. The van der Waals surface area contributed by atoms with Crippen molar-refractivity contribution in [3.63, 3.8) is 0 Å². The highest BCUT2D eigenvalue weighted by atomic mass is 16.5. The molecule has 1 heterocycles. The maximum absolute atomic E-state index is 12.4. The summed E-state index contributed by atoms with van der Waals surface area (Å²) in [4.78, 5) is 27.9. The predicted octanol–water partition coefficient (Wildman–Crippen LogP) is 2.46. The summed E-state index contributed by atoms with van der Waals surface area (Å²) in [6.45, 7) is 6.37. The van der Waals surface area contributed by atoms with Gasteiger partial charge in [-0.05, 0) is 24.3 Å². The summed E-state index contributed by atoms with van der Waals surface area (Å²) in [5.74, 6) is 0.920. The van der Waals surface area contributed by atoms with Crippen molar-refractivity contribution in [3.8, 4) is 5.75 Å². The van der Waals surface area contributed by atoms with Crippen LogP contribution >= 0.6 is 0 Å². The Morgan fingerprint density at radius 2 is 1.50 bits per heavy atom. The lowest BCUT2D eigenvalue weighted by Gasteiger charge is -2.34. The minimum absolute atomic E-state index is 0.0143. The molecule has 5 nitrogen and oxygen atoms in total. The largest absolute Gasteiger partial charge is 0.492 e. The van der Waals surface area contributed by atoms with Gasteiger partial charge in [0, 0.05) is 50.8 Å². The van der Waals surface area contributed by atoms with Crippen molar-refractivity contribution in [1.82, 2.24) is 9.80 Å². The second-order valence-corrected chi connectivity index (χ2v) is 6.42. The Kier molecular flexibility index (Phi) is 6.02. The molecule has 0 bridgehead atoms. The van der Waals surface area contributed by atoms with Crippen LogP contribution in [0.2, 0.25) is 0 Å². The summed E-state index contributed by atoms with van der Waals surface area (Å²) in [5, 5.41) is 0. The lowest BCUT2D eigenvalue weighted by Crippen LogP contribution is -2.48. The van der Waals surface area contributed by atoms with Crippen LogP contribution in [-0.2, 0) is 4.79 Å². The minimum atomic E-state index is 0.0143. The molecule has 1 aliphatic rings. The van der Waals surface area contributed by atoms with Gasteiger partial charge in [-0.2, -0.15) is 0 Å². The van der Waals surface area contributed by atoms with Gasteiger partial charge in [-0.25, -0.2) is 0 Å². The maximum Gasteiger partial charge on any atom is 0.219 e. The normalized spacial score (nSPS) is 14.9. The van der Waals surface area contributed by atoms with Crippen LogP contribution in [0.1, 0.15) is 22.8 Å². The van der Waals surface area contributed by atoms with E-state index in [2.05, 4.69) is 4.90 Å². The monoisotopic (exact) mass is 352 g/mol. The van der Waals surface area contributed by atoms with E-state index >= 15 is 0 Å². The number of carbonyl (C=O) groups excluding carboxylic acids is 2. The van der Waals surface area contributed by atoms with Crippen molar-refractivity contribution in [1.29, 1.82) is 0 Å². The number of ether oxygens (including phenoxy) is 1. The summed E-state index contributed by atoms with van der Waals surface area (Å²) < 4.78 is 5.79. The van der Waals surface area contributed by atoms with Crippen molar-refractivity contribution < 1.29 is 14.3 Å². The fourth-order valence-corrected chi connectivity index (χ4v) is 3.04. The van der Waals surface area contributed by atoms with E-state index in [4.69, 9.17) is 4.74 Å². The van der Waals surface area contributed by atoms with Crippen LogP contribution in [0.15, 0.2) is 54.6 Å². The number of rotatable bonds is 6. The Bertz CT molecular complexity index is 736. The Morgan fingerprint density at radius 1 is 0.885 bits per heavy atom. The molecular formula is C21H24N2O3. The van der Waals surface area contributed by atoms with Gasteiger partial charge in [-0.3, -0.25) is 14.5 Å². The lowest BCUT2D eigenvalue weighted by molar-refractivity contribution is -0.130. The molecule has 1 amide bonds. The van der Waals surface area contributed by atoms with E-state index in [-0.39, 0.29) is 11.7 Å². The van der Waals surface area contributed by atoms with Crippen LogP contribution < -0.4 is 4.74 Å². The van der Waals surface area contributed by atoms with Gasteiger partial charge in [-0.15, -0.1) is 0 Å². The van der Waals surface area contributed by atoms with Crippen molar-refractivity contribution in [2.75, 3.05) is 39.3 Å². The highest BCUT2D eigenvalue weighted by Gasteiger charge is 2.18. The third kappa shape index (κ3) is 4.70. The first-order valence-electron chi connectivity index (χ1n) is 8.94. The Labute approximate surface area is 154 Å². The molecule has 1 aliphatic heterocycles.